The maximum Gasteiger partial charge on any atom is 0.253 e. The molecule has 3 nitrogen and oxygen atoms in total. The second-order valence-corrected chi connectivity index (χ2v) is 5.46. The Morgan fingerprint density at radius 2 is 2.18 bits per heavy atom. The van der Waals surface area contributed by atoms with Crippen LogP contribution in [0.25, 0.3) is 0 Å². The van der Waals surface area contributed by atoms with Crippen LogP contribution >= 0.6 is 34.2 Å². The minimum absolute atomic E-state index is 0.0359. The molecule has 1 aromatic rings. The van der Waals surface area contributed by atoms with E-state index in [1.165, 1.54) is 0 Å². The van der Waals surface area contributed by atoms with Crippen molar-refractivity contribution in [3.05, 3.63) is 32.4 Å². The van der Waals surface area contributed by atoms with Crippen molar-refractivity contribution in [2.24, 2.45) is 0 Å². The minimum atomic E-state index is 0.0359. The lowest BCUT2D eigenvalue weighted by Crippen LogP contribution is -2.33. The summed E-state index contributed by atoms with van der Waals surface area (Å²) < 4.78 is 6.29. The number of halogens is 2. The second kappa shape index (κ2) is 6.02. The van der Waals surface area contributed by atoms with E-state index >= 15 is 0 Å². The molecule has 1 saturated heterocycles. The van der Waals surface area contributed by atoms with Crippen LogP contribution in [0.2, 0.25) is 5.02 Å². The molecule has 0 spiro atoms. The van der Waals surface area contributed by atoms with Crippen LogP contribution in [0.3, 0.4) is 0 Å². The van der Waals surface area contributed by atoms with Crippen molar-refractivity contribution in [3.63, 3.8) is 0 Å². The summed E-state index contributed by atoms with van der Waals surface area (Å²) in [5.41, 5.74) is 0.650. The molecule has 0 aromatic heterocycles. The number of rotatable bonds is 1. The van der Waals surface area contributed by atoms with E-state index in [4.69, 9.17) is 16.3 Å². The molecule has 5 heteroatoms. The molecule has 0 unspecified atom stereocenters. The third kappa shape index (κ3) is 3.33. The van der Waals surface area contributed by atoms with Gasteiger partial charge in [0, 0.05) is 28.8 Å². The quantitative estimate of drug-likeness (QED) is 0.716. The Hall–Kier alpha value is -0.330. The Labute approximate surface area is 119 Å². The summed E-state index contributed by atoms with van der Waals surface area (Å²) in [5.74, 6) is 0.0359. The van der Waals surface area contributed by atoms with E-state index < -0.39 is 0 Å². The Kier molecular flexibility index (Phi) is 4.64. The first-order valence-electron chi connectivity index (χ1n) is 5.50. The van der Waals surface area contributed by atoms with E-state index in [2.05, 4.69) is 22.6 Å². The Balaban J connectivity index is 2.14. The molecule has 2 rings (SSSR count). The van der Waals surface area contributed by atoms with Gasteiger partial charge < -0.3 is 9.64 Å². The zero-order valence-corrected chi connectivity index (χ0v) is 12.2. The fourth-order valence-corrected chi connectivity index (χ4v) is 2.28. The monoisotopic (exact) mass is 365 g/mol. The van der Waals surface area contributed by atoms with Crippen LogP contribution in [-0.4, -0.2) is 37.1 Å². The van der Waals surface area contributed by atoms with Crippen LogP contribution in [-0.2, 0) is 4.74 Å². The van der Waals surface area contributed by atoms with Gasteiger partial charge in [0.05, 0.1) is 11.6 Å². The fraction of sp³-hybridized carbons (Fsp3) is 0.417. The molecule has 0 bridgehead atoms. The molecule has 0 saturated carbocycles. The number of amides is 1. The van der Waals surface area contributed by atoms with Crippen molar-refractivity contribution < 1.29 is 9.53 Å². The molecule has 0 aliphatic carbocycles. The Morgan fingerprint density at radius 3 is 2.94 bits per heavy atom. The third-order valence-electron chi connectivity index (χ3n) is 2.68. The van der Waals surface area contributed by atoms with Gasteiger partial charge in [-0.25, -0.2) is 0 Å². The highest BCUT2D eigenvalue weighted by molar-refractivity contribution is 14.1. The zero-order valence-electron chi connectivity index (χ0n) is 9.29. The van der Waals surface area contributed by atoms with Gasteiger partial charge in [-0.3, -0.25) is 4.79 Å². The molecule has 0 N–H and O–H groups in total. The van der Waals surface area contributed by atoms with Crippen LogP contribution in [0.1, 0.15) is 16.8 Å². The average molecular weight is 366 g/mol. The first-order valence-corrected chi connectivity index (χ1v) is 6.96. The molecule has 92 valence electrons. The fourth-order valence-electron chi connectivity index (χ4n) is 1.76. The highest BCUT2D eigenvalue weighted by Crippen LogP contribution is 2.20. The van der Waals surface area contributed by atoms with E-state index in [9.17, 15) is 4.79 Å². The predicted molar refractivity (Wildman–Crippen MR) is 75.5 cm³/mol. The van der Waals surface area contributed by atoms with Gasteiger partial charge in [0.15, 0.2) is 0 Å². The minimum Gasteiger partial charge on any atom is -0.380 e. The molecule has 1 aliphatic rings. The lowest BCUT2D eigenvalue weighted by molar-refractivity contribution is 0.0741. The zero-order chi connectivity index (χ0) is 12.3. The SMILES string of the molecule is O=C(c1ccc(I)c(Cl)c1)N1CCCOCC1. The number of nitrogens with zero attached hydrogens (tertiary/aromatic N) is 1. The molecule has 0 radical (unpaired) electrons. The van der Waals surface area contributed by atoms with E-state index in [0.29, 0.717) is 23.7 Å². The number of hydrogen-bond donors (Lipinski definition) is 0. The molecule has 17 heavy (non-hydrogen) atoms. The highest BCUT2D eigenvalue weighted by atomic mass is 127. The molecule has 1 amide bonds. The average Bonchev–Trinajstić information content (AvgIpc) is 2.60. The van der Waals surface area contributed by atoms with E-state index in [-0.39, 0.29) is 5.91 Å². The van der Waals surface area contributed by atoms with Crippen molar-refractivity contribution >= 4 is 40.1 Å². The van der Waals surface area contributed by atoms with Gasteiger partial charge in [-0.2, -0.15) is 0 Å². The van der Waals surface area contributed by atoms with Crippen LogP contribution in [0.5, 0.6) is 0 Å². The maximum atomic E-state index is 12.2. The summed E-state index contributed by atoms with van der Waals surface area (Å²) in [6, 6.07) is 5.42. The van der Waals surface area contributed by atoms with Crippen LogP contribution in [0, 0.1) is 3.57 Å². The molecule has 1 heterocycles. The van der Waals surface area contributed by atoms with Crippen molar-refractivity contribution in [2.45, 2.75) is 6.42 Å². The number of hydrogen-bond acceptors (Lipinski definition) is 2. The van der Waals surface area contributed by atoms with Gasteiger partial charge in [-0.1, -0.05) is 11.6 Å². The lowest BCUT2D eigenvalue weighted by Gasteiger charge is -2.19. The van der Waals surface area contributed by atoms with Gasteiger partial charge in [0.2, 0.25) is 0 Å². The molecule has 1 aliphatic heterocycles. The van der Waals surface area contributed by atoms with E-state index in [1.807, 2.05) is 17.0 Å². The largest absolute Gasteiger partial charge is 0.380 e. The van der Waals surface area contributed by atoms with Crippen LogP contribution in [0.15, 0.2) is 18.2 Å². The third-order valence-corrected chi connectivity index (χ3v) is 4.25. The normalized spacial score (nSPS) is 16.7. The summed E-state index contributed by atoms with van der Waals surface area (Å²) in [6.45, 7) is 2.76. The number of benzene rings is 1. The van der Waals surface area contributed by atoms with Gasteiger partial charge in [0.1, 0.15) is 0 Å². The maximum absolute atomic E-state index is 12.2. The summed E-state index contributed by atoms with van der Waals surface area (Å²) in [6.07, 6.45) is 0.893. The molecular formula is C12H13ClINO2. The van der Waals surface area contributed by atoms with E-state index in [0.717, 1.165) is 23.1 Å². The smallest absolute Gasteiger partial charge is 0.253 e. The summed E-state index contributed by atoms with van der Waals surface area (Å²) in [7, 11) is 0. The van der Waals surface area contributed by atoms with Crippen LogP contribution < -0.4 is 0 Å². The highest BCUT2D eigenvalue weighted by Gasteiger charge is 2.17. The summed E-state index contributed by atoms with van der Waals surface area (Å²) >= 11 is 8.17. The van der Waals surface area contributed by atoms with Crippen molar-refractivity contribution in [1.29, 1.82) is 0 Å². The topological polar surface area (TPSA) is 29.5 Å². The van der Waals surface area contributed by atoms with Crippen molar-refractivity contribution in [3.8, 4) is 0 Å². The number of ether oxygens (including phenoxy) is 1. The van der Waals surface area contributed by atoms with Gasteiger partial charge in [0.25, 0.3) is 5.91 Å². The van der Waals surface area contributed by atoms with Gasteiger partial charge >= 0.3 is 0 Å². The Morgan fingerprint density at radius 1 is 1.35 bits per heavy atom. The molecule has 1 aromatic carbocycles. The van der Waals surface area contributed by atoms with Gasteiger partial charge in [-0.05, 0) is 47.2 Å². The number of carbonyl (C=O) groups excluding carboxylic acids is 1. The molecule has 0 atom stereocenters. The van der Waals surface area contributed by atoms with Gasteiger partial charge in [-0.15, -0.1) is 0 Å². The van der Waals surface area contributed by atoms with E-state index in [1.54, 1.807) is 6.07 Å². The number of carbonyl (C=O) groups is 1. The standard InChI is InChI=1S/C12H13ClINO2/c13-10-8-9(2-3-11(10)14)12(16)15-4-1-6-17-7-5-15/h2-3,8H,1,4-7H2. The van der Waals surface area contributed by atoms with Crippen molar-refractivity contribution in [1.82, 2.24) is 4.90 Å². The Bertz CT molecular complexity index is 417. The predicted octanol–water partition coefficient (Wildman–Crippen LogP) is 2.81. The first kappa shape index (κ1) is 13.1. The molecular weight excluding hydrogens is 352 g/mol. The van der Waals surface area contributed by atoms with Crippen LogP contribution in [0.4, 0.5) is 0 Å². The molecule has 1 fully saturated rings. The second-order valence-electron chi connectivity index (χ2n) is 3.89. The van der Waals surface area contributed by atoms with Crippen molar-refractivity contribution in [2.75, 3.05) is 26.3 Å². The first-order chi connectivity index (χ1) is 8.18. The summed E-state index contributed by atoms with van der Waals surface area (Å²) in [5, 5.41) is 0.627. The lowest BCUT2D eigenvalue weighted by atomic mass is 10.2. The summed E-state index contributed by atoms with van der Waals surface area (Å²) in [4.78, 5) is 14.1.